The van der Waals surface area contributed by atoms with Crippen molar-refractivity contribution < 1.29 is 13.6 Å². The number of thiocarbonyl (C=S) groups is 1. The summed E-state index contributed by atoms with van der Waals surface area (Å²) in [6.07, 6.45) is 0.595. The van der Waals surface area contributed by atoms with Crippen LogP contribution in [0.5, 0.6) is 0 Å². The molecule has 0 saturated carbocycles. The standard InChI is InChI=1S/C12H12F2N2OS/c1-16-6-5-7(12(16)18)11(17)15-9-4-2-3-8(13)10(9)14/h2-4,7H,5-6H2,1H3,(H,15,17)/t7-/m0/s1. The van der Waals surface area contributed by atoms with Gasteiger partial charge < -0.3 is 10.2 Å². The topological polar surface area (TPSA) is 32.3 Å². The molecule has 0 spiro atoms. The molecule has 0 unspecified atom stereocenters. The number of likely N-dealkylation sites (tertiary alicyclic amines) is 1. The summed E-state index contributed by atoms with van der Waals surface area (Å²) in [6.45, 7) is 0.697. The maximum Gasteiger partial charge on any atom is 0.234 e. The second kappa shape index (κ2) is 4.97. The van der Waals surface area contributed by atoms with Gasteiger partial charge in [0.2, 0.25) is 5.91 Å². The SMILES string of the molecule is CN1CC[C@@H](C(=O)Nc2cccc(F)c2F)C1=S. The van der Waals surface area contributed by atoms with Gasteiger partial charge in [-0.3, -0.25) is 4.79 Å². The normalized spacial score (nSPS) is 19.2. The predicted molar refractivity (Wildman–Crippen MR) is 68.3 cm³/mol. The Labute approximate surface area is 109 Å². The van der Waals surface area contributed by atoms with Crippen molar-refractivity contribution in [1.82, 2.24) is 4.90 Å². The van der Waals surface area contributed by atoms with E-state index in [2.05, 4.69) is 5.32 Å². The largest absolute Gasteiger partial charge is 0.369 e. The summed E-state index contributed by atoms with van der Waals surface area (Å²) < 4.78 is 26.4. The molecule has 1 saturated heterocycles. The first kappa shape index (κ1) is 12.9. The highest BCUT2D eigenvalue weighted by molar-refractivity contribution is 7.80. The van der Waals surface area contributed by atoms with Gasteiger partial charge in [0.05, 0.1) is 16.6 Å². The molecule has 1 aliphatic heterocycles. The van der Waals surface area contributed by atoms with Gasteiger partial charge in [0.25, 0.3) is 0 Å². The Morgan fingerprint density at radius 3 is 2.83 bits per heavy atom. The number of nitrogens with one attached hydrogen (secondary N) is 1. The lowest BCUT2D eigenvalue weighted by molar-refractivity contribution is -0.117. The molecule has 0 bridgehead atoms. The number of carbonyl (C=O) groups is 1. The van der Waals surface area contributed by atoms with Crippen molar-refractivity contribution in [2.75, 3.05) is 18.9 Å². The lowest BCUT2D eigenvalue weighted by atomic mass is 10.1. The van der Waals surface area contributed by atoms with Crippen LogP contribution in [0.1, 0.15) is 6.42 Å². The second-order valence-electron chi connectivity index (χ2n) is 4.19. The Morgan fingerprint density at radius 2 is 2.22 bits per heavy atom. The van der Waals surface area contributed by atoms with Crippen LogP contribution in [0.4, 0.5) is 14.5 Å². The average Bonchev–Trinajstić information content (AvgIpc) is 2.66. The van der Waals surface area contributed by atoms with Crippen molar-refractivity contribution in [2.24, 2.45) is 5.92 Å². The molecule has 2 rings (SSSR count). The molecule has 96 valence electrons. The van der Waals surface area contributed by atoms with Crippen LogP contribution in [0.2, 0.25) is 0 Å². The van der Waals surface area contributed by atoms with E-state index in [0.29, 0.717) is 18.0 Å². The molecule has 1 fully saturated rings. The minimum Gasteiger partial charge on any atom is -0.369 e. The molecular formula is C12H12F2N2OS. The molecule has 0 radical (unpaired) electrons. The summed E-state index contributed by atoms with van der Waals surface area (Å²) >= 11 is 5.11. The number of nitrogens with zero attached hydrogens (tertiary/aromatic N) is 1. The van der Waals surface area contributed by atoms with Gasteiger partial charge in [0.15, 0.2) is 11.6 Å². The van der Waals surface area contributed by atoms with Crippen LogP contribution < -0.4 is 5.32 Å². The van der Waals surface area contributed by atoms with Crippen molar-refractivity contribution in [1.29, 1.82) is 0 Å². The van der Waals surface area contributed by atoms with E-state index in [4.69, 9.17) is 12.2 Å². The summed E-state index contributed by atoms with van der Waals surface area (Å²) in [7, 11) is 1.80. The monoisotopic (exact) mass is 270 g/mol. The van der Waals surface area contributed by atoms with Crippen molar-refractivity contribution in [3.05, 3.63) is 29.8 Å². The van der Waals surface area contributed by atoms with E-state index in [1.54, 1.807) is 7.05 Å². The quantitative estimate of drug-likeness (QED) is 0.836. The Bertz CT molecular complexity index is 507. The van der Waals surface area contributed by atoms with Crippen LogP contribution in [-0.2, 0) is 4.79 Å². The summed E-state index contributed by atoms with van der Waals surface area (Å²) in [4.78, 5) is 14.3. The second-order valence-corrected chi connectivity index (χ2v) is 4.61. The molecule has 0 aromatic heterocycles. The number of anilines is 1. The summed E-state index contributed by atoms with van der Waals surface area (Å²) in [5.74, 6) is -2.89. The van der Waals surface area contributed by atoms with E-state index in [1.165, 1.54) is 12.1 Å². The molecule has 1 N–H and O–H groups in total. The van der Waals surface area contributed by atoms with Gasteiger partial charge in [0.1, 0.15) is 0 Å². The molecule has 1 heterocycles. The fourth-order valence-corrected chi connectivity index (χ4v) is 2.20. The van der Waals surface area contributed by atoms with E-state index in [1.807, 2.05) is 4.90 Å². The highest BCUT2D eigenvalue weighted by Gasteiger charge is 2.31. The van der Waals surface area contributed by atoms with E-state index < -0.39 is 23.5 Å². The molecule has 18 heavy (non-hydrogen) atoms. The lowest BCUT2D eigenvalue weighted by Crippen LogP contribution is -2.29. The van der Waals surface area contributed by atoms with E-state index >= 15 is 0 Å². The third kappa shape index (κ3) is 2.33. The minimum absolute atomic E-state index is 0.155. The highest BCUT2D eigenvalue weighted by atomic mass is 32.1. The van der Waals surface area contributed by atoms with Gasteiger partial charge in [-0.1, -0.05) is 18.3 Å². The zero-order valence-electron chi connectivity index (χ0n) is 9.74. The molecule has 1 aliphatic rings. The first-order chi connectivity index (χ1) is 8.50. The summed E-state index contributed by atoms with van der Waals surface area (Å²) in [5, 5.41) is 2.38. The van der Waals surface area contributed by atoms with Crippen molar-refractivity contribution in [3.63, 3.8) is 0 Å². The molecule has 1 atom stereocenters. The van der Waals surface area contributed by atoms with Crippen LogP contribution in [-0.4, -0.2) is 29.4 Å². The van der Waals surface area contributed by atoms with Gasteiger partial charge in [-0.05, 0) is 18.6 Å². The van der Waals surface area contributed by atoms with Gasteiger partial charge in [-0.2, -0.15) is 0 Å². The number of halogens is 2. The van der Waals surface area contributed by atoms with Gasteiger partial charge >= 0.3 is 0 Å². The highest BCUT2D eigenvalue weighted by Crippen LogP contribution is 2.22. The number of hydrogen-bond acceptors (Lipinski definition) is 2. The van der Waals surface area contributed by atoms with E-state index in [9.17, 15) is 13.6 Å². The van der Waals surface area contributed by atoms with Crippen LogP contribution in [0.3, 0.4) is 0 Å². The fraction of sp³-hybridized carbons (Fsp3) is 0.333. The first-order valence-electron chi connectivity index (χ1n) is 5.50. The summed E-state index contributed by atoms with van der Waals surface area (Å²) in [6, 6.07) is 3.66. The van der Waals surface area contributed by atoms with Gasteiger partial charge in [0, 0.05) is 13.6 Å². The van der Waals surface area contributed by atoms with Crippen LogP contribution >= 0.6 is 12.2 Å². The molecule has 0 aliphatic carbocycles. The lowest BCUT2D eigenvalue weighted by Gasteiger charge is -2.14. The molecule has 1 aromatic rings. The zero-order chi connectivity index (χ0) is 13.3. The number of carbonyl (C=O) groups excluding carboxylic acids is 1. The zero-order valence-corrected chi connectivity index (χ0v) is 10.6. The maximum absolute atomic E-state index is 13.4. The van der Waals surface area contributed by atoms with Crippen LogP contribution in [0.15, 0.2) is 18.2 Å². The number of benzene rings is 1. The van der Waals surface area contributed by atoms with Crippen molar-refractivity contribution in [3.8, 4) is 0 Å². The van der Waals surface area contributed by atoms with E-state index in [-0.39, 0.29) is 5.69 Å². The molecule has 1 aromatic carbocycles. The van der Waals surface area contributed by atoms with Crippen molar-refractivity contribution >= 4 is 28.8 Å². The Balaban J connectivity index is 2.12. The van der Waals surface area contributed by atoms with E-state index in [0.717, 1.165) is 6.07 Å². The Morgan fingerprint density at radius 1 is 1.50 bits per heavy atom. The molecule has 1 amide bonds. The third-order valence-corrected chi connectivity index (χ3v) is 3.55. The maximum atomic E-state index is 13.4. The molecular weight excluding hydrogens is 258 g/mol. The Kier molecular flexibility index (Phi) is 3.56. The van der Waals surface area contributed by atoms with Crippen LogP contribution in [0, 0.1) is 17.6 Å². The van der Waals surface area contributed by atoms with Crippen molar-refractivity contribution in [2.45, 2.75) is 6.42 Å². The number of hydrogen-bond donors (Lipinski definition) is 1. The van der Waals surface area contributed by atoms with Crippen LogP contribution in [0.25, 0.3) is 0 Å². The Hall–Kier alpha value is -1.56. The van der Waals surface area contributed by atoms with Gasteiger partial charge in [-0.15, -0.1) is 0 Å². The predicted octanol–water partition coefficient (Wildman–Crippen LogP) is 2.18. The molecule has 6 heteroatoms. The number of rotatable bonds is 2. The minimum atomic E-state index is -1.05. The first-order valence-corrected chi connectivity index (χ1v) is 5.91. The molecule has 3 nitrogen and oxygen atoms in total. The van der Waals surface area contributed by atoms with Gasteiger partial charge in [-0.25, -0.2) is 8.78 Å². The number of amides is 1. The third-order valence-electron chi connectivity index (χ3n) is 2.95. The fourth-order valence-electron chi connectivity index (χ4n) is 1.89. The smallest absolute Gasteiger partial charge is 0.234 e. The summed E-state index contributed by atoms with van der Waals surface area (Å²) in [5.41, 5.74) is -0.155. The average molecular weight is 270 g/mol.